The molecule has 0 aliphatic carbocycles. The van der Waals surface area contributed by atoms with Gasteiger partial charge in [0.05, 0.1) is 4.92 Å². The molecule has 0 aliphatic heterocycles. The monoisotopic (exact) mass is 183 g/mol. The Balaban J connectivity index is 3.46. The molecular weight excluding hydrogens is 177 g/mol. The molecule has 0 saturated carbocycles. The lowest BCUT2D eigenvalue weighted by molar-refractivity contribution is -0.385. The van der Waals surface area contributed by atoms with Gasteiger partial charge in [-0.05, 0) is 18.6 Å². The van der Waals surface area contributed by atoms with E-state index in [0.29, 0.717) is 5.56 Å². The van der Waals surface area contributed by atoms with Crippen molar-refractivity contribution in [3.8, 4) is 0 Å². The maximum atomic E-state index is 12.9. The van der Waals surface area contributed by atoms with E-state index in [1.54, 1.807) is 0 Å². The zero-order valence-electron chi connectivity index (χ0n) is 6.78. The minimum absolute atomic E-state index is 0.146. The van der Waals surface area contributed by atoms with E-state index < -0.39 is 22.0 Å². The first kappa shape index (κ1) is 9.31. The van der Waals surface area contributed by atoms with Crippen LogP contribution in [0.3, 0.4) is 0 Å². The average molecular weight is 183 g/mol. The highest BCUT2D eigenvalue weighted by molar-refractivity contribution is 5.81. The fourth-order valence-electron chi connectivity index (χ4n) is 1.00. The second kappa shape index (κ2) is 3.30. The highest BCUT2D eigenvalue weighted by Crippen LogP contribution is 2.21. The van der Waals surface area contributed by atoms with Gasteiger partial charge in [-0.1, -0.05) is 0 Å². The van der Waals surface area contributed by atoms with Crippen LogP contribution in [-0.2, 0) is 0 Å². The third-order valence-electron chi connectivity index (χ3n) is 1.57. The van der Waals surface area contributed by atoms with Crippen molar-refractivity contribution < 1.29 is 14.1 Å². The Kier molecular flexibility index (Phi) is 2.36. The van der Waals surface area contributed by atoms with Crippen LogP contribution in [-0.4, -0.2) is 11.2 Å². The first-order valence-corrected chi connectivity index (χ1v) is 3.46. The van der Waals surface area contributed by atoms with Gasteiger partial charge in [0, 0.05) is 6.07 Å². The van der Waals surface area contributed by atoms with Crippen molar-refractivity contribution in [3.05, 3.63) is 39.2 Å². The molecule has 0 amide bonds. The number of hydrogen-bond donors (Lipinski definition) is 0. The maximum Gasteiger partial charge on any atom is 0.283 e. The molecule has 1 aromatic carbocycles. The average Bonchev–Trinajstić information content (AvgIpc) is 2.02. The summed E-state index contributed by atoms with van der Waals surface area (Å²) in [7, 11) is 0. The standard InChI is InChI=1S/C8H6FNO3/c1-5-2-7(9)6(4-11)8(3-5)10(12)13/h2-4H,1H3. The predicted molar refractivity (Wildman–Crippen MR) is 43.2 cm³/mol. The van der Waals surface area contributed by atoms with Crippen molar-refractivity contribution in [3.63, 3.8) is 0 Å². The Hall–Kier alpha value is -1.78. The maximum absolute atomic E-state index is 12.9. The summed E-state index contributed by atoms with van der Waals surface area (Å²) in [6.07, 6.45) is 0.146. The zero-order valence-corrected chi connectivity index (χ0v) is 6.78. The van der Waals surface area contributed by atoms with Gasteiger partial charge in [0.25, 0.3) is 5.69 Å². The fourth-order valence-corrected chi connectivity index (χ4v) is 1.00. The van der Waals surface area contributed by atoms with Crippen LogP contribution in [0, 0.1) is 22.9 Å². The molecule has 0 fully saturated rings. The lowest BCUT2D eigenvalue weighted by atomic mass is 10.1. The van der Waals surface area contributed by atoms with Crippen LogP contribution >= 0.6 is 0 Å². The molecule has 0 aromatic heterocycles. The number of aryl methyl sites for hydroxylation is 1. The smallest absolute Gasteiger partial charge is 0.283 e. The van der Waals surface area contributed by atoms with Crippen LogP contribution in [0.5, 0.6) is 0 Å². The summed E-state index contributed by atoms with van der Waals surface area (Å²) in [5.41, 5.74) is -0.585. The summed E-state index contributed by atoms with van der Waals surface area (Å²) in [5.74, 6) is -0.860. The SMILES string of the molecule is Cc1cc(F)c(C=O)c([N+](=O)[O-])c1. The molecule has 0 saturated heterocycles. The predicted octanol–water partition coefficient (Wildman–Crippen LogP) is 1.85. The highest BCUT2D eigenvalue weighted by atomic mass is 19.1. The Morgan fingerprint density at radius 2 is 2.15 bits per heavy atom. The molecule has 4 nitrogen and oxygen atoms in total. The lowest BCUT2D eigenvalue weighted by Gasteiger charge is -1.98. The summed E-state index contributed by atoms with van der Waals surface area (Å²) in [5, 5.41) is 10.4. The number of hydrogen-bond acceptors (Lipinski definition) is 3. The van der Waals surface area contributed by atoms with E-state index in [9.17, 15) is 19.3 Å². The number of halogens is 1. The van der Waals surface area contributed by atoms with Crippen LogP contribution < -0.4 is 0 Å². The third kappa shape index (κ3) is 1.69. The van der Waals surface area contributed by atoms with Crippen LogP contribution in [0.25, 0.3) is 0 Å². The Bertz CT molecular complexity index is 376. The second-order valence-electron chi connectivity index (χ2n) is 2.55. The zero-order chi connectivity index (χ0) is 10.0. The molecule has 1 rings (SSSR count). The molecule has 13 heavy (non-hydrogen) atoms. The molecule has 1 aromatic rings. The molecule has 5 heteroatoms. The molecule has 68 valence electrons. The molecule has 0 spiro atoms. The van der Waals surface area contributed by atoms with E-state index in [-0.39, 0.29) is 6.29 Å². The van der Waals surface area contributed by atoms with E-state index in [1.807, 2.05) is 0 Å². The van der Waals surface area contributed by atoms with Gasteiger partial charge in [-0.3, -0.25) is 14.9 Å². The Labute approximate surface area is 73.1 Å². The second-order valence-corrected chi connectivity index (χ2v) is 2.55. The minimum atomic E-state index is -0.860. The van der Waals surface area contributed by atoms with Crippen molar-refractivity contribution in [2.24, 2.45) is 0 Å². The van der Waals surface area contributed by atoms with Crippen molar-refractivity contribution in [1.82, 2.24) is 0 Å². The number of nitro benzene ring substituents is 1. The molecule has 0 N–H and O–H groups in total. The normalized spacial score (nSPS) is 9.69. The van der Waals surface area contributed by atoms with Crippen molar-refractivity contribution in [2.75, 3.05) is 0 Å². The number of aldehydes is 1. The lowest BCUT2D eigenvalue weighted by Crippen LogP contribution is -1.98. The topological polar surface area (TPSA) is 60.2 Å². The van der Waals surface area contributed by atoms with Crippen molar-refractivity contribution >= 4 is 12.0 Å². The van der Waals surface area contributed by atoms with Gasteiger partial charge < -0.3 is 0 Å². The number of rotatable bonds is 2. The molecular formula is C8H6FNO3. The largest absolute Gasteiger partial charge is 0.298 e. The molecule has 0 aliphatic rings. The summed E-state index contributed by atoms with van der Waals surface area (Å²) in [6.45, 7) is 1.52. The van der Waals surface area contributed by atoms with Crippen LogP contribution in [0.2, 0.25) is 0 Å². The van der Waals surface area contributed by atoms with Gasteiger partial charge in [0.15, 0.2) is 6.29 Å². The van der Waals surface area contributed by atoms with Gasteiger partial charge in [0.2, 0.25) is 0 Å². The summed E-state index contributed by atoms with van der Waals surface area (Å²) < 4.78 is 12.9. The number of nitro groups is 1. The van der Waals surface area contributed by atoms with Gasteiger partial charge in [-0.25, -0.2) is 4.39 Å². The van der Waals surface area contributed by atoms with E-state index in [0.717, 1.165) is 12.1 Å². The van der Waals surface area contributed by atoms with Crippen LogP contribution in [0.1, 0.15) is 15.9 Å². The number of nitrogens with zero attached hydrogens (tertiary/aromatic N) is 1. The fraction of sp³-hybridized carbons (Fsp3) is 0.125. The molecule has 0 heterocycles. The first-order chi connectivity index (χ1) is 6.06. The van der Waals surface area contributed by atoms with Gasteiger partial charge in [-0.2, -0.15) is 0 Å². The molecule has 0 bridgehead atoms. The van der Waals surface area contributed by atoms with E-state index >= 15 is 0 Å². The van der Waals surface area contributed by atoms with E-state index in [4.69, 9.17) is 0 Å². The number of carbonyl (C=O) groups excluding carboxylic acids is 1. The van der Waals surface area contributed by atoms with Crippen molar-refractivity contribution in [2.45, 2.75) is 6.92 Å². The molecule has 0 atom stereocenters. The van der Waals surface area contributed by atoms with Crippen LogP contribution in [0.15, 0.2) is 12.1 Å². The number of benzene rings is 1. The summed E-state index contributed by atoms with van der Waals surface area (Å²) >= 11 is 0. The quantitative estimate of drug-likeness (QED) is 0.399. The van der Waals surface area contributed by atoms with E-state index in [2.05, 4.69) is 0 Å². The van der Waals surface area contributed by atoms with Crippen LogP contribution in [0.4, 0.5) is 10.1 Å². The van der Waals surface area contributed by atoms with Crippen molar-refractivity contribution in [1.29, 1.82) is 0 Å². The van der Waals surface area contributed by atoms with Gasteiger partial charge >= 0.3 is 0 Å². The highest BCUT2D eigenvalue weighted by Gasteiger charge is 2.17. The van der Waals surface area contributed by atoms with Gasteiger partial charge in [-0.15, -0.1) is 0 Å². The number of carbonyl (C=O) groups is 1. The molecule has 0 unspecified atom stereocenters. The Morgan fingerprint density at radius 1 is 1.54 bits per heavy atom. The molecule has 0 radical (unpaired) electrons. The summed E-state index contributed by atoms with van der Waals surface area (Å²) in [6, 6.07) is 2.24. The third-order valence-corrected chi connectivity index (χ3v) is 1.57. The Morgan fingerprint density at radius 3 is 2.62 bits per heavy atom. The summed E-state index contributed by atoms with van der Waals surface area (Å²) in [4.78, 5) is 19.9. The van der Waals surface area contributed by atoms with Gasteiger partial charge in [0.1, 0.15) is 11.4 Å². The first-order valence-electron chi connectivity index (χ1n) is 3.46. The minimum Gasteiger partial charge on any atom is -0.298 e. The van der Waals surface area contributed by atoms with E-state index in [1.165, 1.54) is 6.92 Å².